The van der Waals surface area contributed by atoms with Crippen LogP contribution in [0, 0.1) is 5.92 Å². The lowest BCUT2D eigenvalue weighted by Gasteiger charge is -2.27. The van der Waals surface area contributed by atoms with Crippen LogP contribution in [0.4, 0.5) is 0 Å². The number of rotatable bonds is 3. The van der Waals surface area contributed by atoms with Gasteiger partial charge in [0, 0.05) is 32.3 Å². The predicted octanol–water partition coefficient (Wildman–Crippen LogP) is 1.83. The maximum Gasteiger partial charge on any atom is 0.253 e. The quantitative estimate of drug-likeness (QED) is 0.922. The van der Waals surface area contributed by atoms with Gasteiger partial charge in [-0.3, -0.25) is 4.79 Å². The number of nitrogens with one attached hydrogen (secondary N) is 1. The van der Waals surface area contributed by atoms with Crippen LogP contribution < -0.4 is 5.32 Å². The molecule has 0 aromatic heterocycles. The molecule has 1 fully saturated rings. The molecule has 4 nitrogen and oxygen atoms in total. The molecule has 0 radical (unpaired) electrons. The third-order valence-corrected chi connectivity index (χ3v) is 4.47. The van der Waals surface area contributed by atoms with Gasteiger partial charge in [-0.15, -0.1) is 0 Å². The normalized spacial score (nSPS) is 21.7. The predicted molar refractivity (Wildman–Crippen MR) is 82.4 cm³/mol. The first-order valence-corrected chi connectivity index (χ1v) is 7.90. The molecule has 1 unspecified atom stereocenters. The fourth-order valence-corrected chi connectivity index (χ4v) is 3.26. The average Bonchev–Trinajstić information content (AvgIpc) is 2.54. The molecule has 4 heteroatoms. The zero-order chi connectivity index (χ0) is 14.7. The van der Waals surface area contributed by atoms with Gasteiger partial charge in [-0.05, 0) is 55.0 Å². The minimum atomic E-state index is 0.119. The third-order valence-electron chi connectivity index (χ3n) is 4.47. The molecular weight excluding hydrogens is 264 g/mol. The second-order valence-electron chi connectivity index (χ2n) is 6.18. The van der Waals surface area contributed by atoms with Crippen LogP contribution in [0.5, 0.6) is 0 Å². The highest BCUT2D eigenvalue weighted by atomic mass is 16.5. The number of hydrogen-bond acceptors (Lipinski definition) is 3. The average molecular weight is 288 g/mol. The molecule has 1 amide bonds. The van der Waals surface area contributed by atoms with Gasteiger partial charge in [-0.1, -0.05) is 6.07 Å². The van der Waals surface area contributed by atoms with Crippen LogP contribution in [-0.4, -0.2) is 44.2 Å². The van der Waals surface area contributed by atoms with E-state index in [2.05, 4.69) is 17.4 Å². The smallest absolute Gasteiger partial charge is 0.253 e. The Morgan fingerprint density at radius 1 is 1.43 bits per heavy atom. The van der Waals surface area contributed by atoms with Crippen molar-refractivity contribution in [3.63, 3.8) is 0 Å². The standard InChI is InChI=1S/C17H24N2O2/c1-19(11-13-3-2-8-21-12-13)17(20)15-5-4-14-6-7-18-10-16(14)9-15/h4-5,9,13,18H,2-3,6-8,10-12H2,1H3. The molecule has 1 atom stereocenters. The zero-order valence-electron chi connectivity index (χ0n) is 12.7. The summed E-state index contributed by atoms with van der Waals surface area (Å²) in [6.45, 7) is 4.34. The Morgan fingerprint density at radius 3 is 3.14 bits per heavy atom. The van der Waals surface area contributed by atoms with E-state index in [0.717, 1.165) is 57.7 Å². The summed E-state index contributed by atoms with van der Waals surface area (Å²) >= 11 is 0. The van der Waals surface area contributed by atoms with Crippen molar-refractivity contribution < 1.29 is 9.53 Å². The fourth-order valence-electron chi connectivity index (χ4n) is 3.26. The Kier molecular flexibility index (Phi) is 4.56. The van der Waals surface area contributed by atoms with E-state index in [4.69, 9.17) is 4.74 Å². The summed E-state index contributed by atoms with van der Waals surface area (Å²) in [5.74, 6) is 0.598. The SMILES string of the molecule is CN(CC1CCCOC1)C(=O)c1ccc2c(c1)CNCC2. The molecule has 1 aromatic rings. The van der Waals surface area contributed by atoms with Gasteiger partial charge in [0.2, 0.25) is 0 Å². The Morgan fingerprint density at radius 2 is 2.33 bits per heavy atom. The number of fused-ring (bicyclic) bond motifs is 1. The molecule has 2 aliphatic rings. The van der Waals surface area contributed by atoms with Gasteiger partial charge < -0.3 is 15.0 Å². The third kappa shape index (κ3) is 3.44. The van der Waals surface area contributed by atoms with Gasteiger partial charge in [0.05, 0.1) is 6.61 Å². The van der Waals surface area contributed by atoms with Crippen molar-refractivity contribution in [2.24, 2.45) is 5.92 Å². The summed E-state index contributed by atoms with van der Waals surface area (Å²) in [5.41, 5.74) is 3.44. The van der Waals surface area contributed by atoms with Crippen molar-refractivity contribution in [2.45, 2.75) is 25.8 Å². The molecule has 1 saturated heterocycles. The summed E-state index contributed by atoms with van der Waals surface area (Å²) in [6, 6.07) is 6.14. The number of ether oxygens (including phenoxy) is 1. The van der Waals surface area contributed by atoms with Crippen molar-refractivity contribution in [1.29, 1.82) is 0 Å². The molecule has 0 spiro atoms. The summed E-state index contributed by atoms with van der Waals surface area (Å²) in [5, 5.41) is 3.36. The first kappa shape index (κ1) is 14.5. The molecule has 0 aliphatic carbocycles. The van der Waals surface area contributed by atoms with Crippen LogP contribution in [-0.2, 0) is 17.7 Å². The Bertz CT molecular complexity index is 510. The van der Waals surface area contributed by atoms with Crippen molar-refractivity contribution in [3.8, 4) is 0 Å². The molecule has 1 N–H and O–H groups in total. The molecule has 0 bridgehead atoms. The van der Waals surface area contributed by atoms with E-state index in [9.17, 15) is 4.79 Å². The minimum Gasteiger partial charge on any atom is -0.381 e. The number of nitrogens with zero attached hydrogens (tertiary/aromatic N) is 1. The van der Waals surface area contributed by atoms with Crippen molar-refractivity contribution in [1.82, 2.24) is 10.2 Å². The first-order valence-electron chi connectivity index (χ1n) is 7.90. The van der Waals surface area contributed by atoms with Gasteiger partial charge in [-0.2, -0.15) is 0 Å². The number of carbonyl (C=O) groups is 1. The lowest BCUT2D eigenvalue weighted by molar-refractivity contribution is 0.0388. The summed E-state index contributed by atoms with van der Waals surface area (Å²) in [6.07, 6.45) is 3.32. The molecule has 2 aliphatic heterocycles. The van der Waals surface area contributed by atoms with Crippen molar-refractivity contribution >= 4 is 5.91 Å². The molecule has 1 aromatic carbocycles. The maximum absolute atomic E-state index is 12.6. The van der Waals surface area contributed by atoms with E-state index in [1.54, 1.807) is 0 Å². The zero-order valence-corrected chi connectivity index (χ0v) is 12.7. The van der Waals surface area contributed by atoms with Crippen LogP contribution in [0.25, 0.3) is 0 Å². The summed E-state index contributed by atoms with van der Waals surface area (Å²) < 4.78 is 5.50. The highest BCUT2D eigenvalue weighted by molar-refractivity contribution is 5.94. The van der Waals surface area contributed by atoms with Crippen molar-refractivity contribution in [3.05, 3.63) is 34.9 Å². The second kappa shape index (κ2) is 6.58. The molecular formula is C17H24N2O2. The molecule has 2 heterocycles. The minimum absolute atomic E-state index is 0.119. The first-order chi connectivity index (χ1) is 10.2. The Balaban J connectivity index is 1.66. The van der Waals surface area contributed by atoms with Crippen LogP contribution in [0.15, 0.2) is 18.2 Å². The molecule has 21 heavy (non-hydrogen) atoms. The summed E-state index contributed by atoms with van der Waals surface area (Å²) in [4.78, 5) is 14.4. The van der Waals surface area contributed by atoms with E-state index in [-0.39, 0.29) is 5.91 Å². The molecule has 0 saturated carbocycles. The fraction of sp³-hybridized carbons (Fsp3) is 0.588. The lowest BCUT2D eigenvalue weighted by atomic mass is 9.97. The topological polar surface area (TPSA) is 41.6 Å². The van der Waals surface area contributed by atoms with E-state index >= 15 is 0 Å². The highest BCUT2D eigenvalue weighted by Gasteiger charge is 2.20. The van der Waals surface area contributed by atoms with Gasteiger partial charge >= 0.3 is 0 Å². The second-order valence-corrected chi connectivity index (χ2v) is 6.18. The van der Waals surface area contributed by atoms with Gasteiger partial charge in [0.25, 0.3) is 5.91 Å². The van der Waals surface area contributed by atoms with Crippen LogP contribution in [0.2, 0.25) is 0 Å². The van der Waals surface area contributed by atoms with Crippen LogP contribution in [0.1, 0.15) is 34.3 Å². The monoisotopic (exact) mass is 288 g/mol. The Hall–Kier alpha value is -1.39. The van der Waals surface area contributed by atoms with Crippen LogP contribution in [0.3, 0.4) is 0 Å². The number of benzene rings is 1. The molecule has 3 rings (SSSR count). The maximum atomic E-state index is 12.6. The van der Waals surface area contributed by atoms with E-state index in [1.807, 2.05) is 18.0 Å². The summed E-state index contributed by atoms with van der Waals surface area (Å²) in [7, 11) is 1.90. The van der Waals surface area contributed by atoms with Gasteiger partial charge in [-0.25, -0.2) is 0 Å². The van der Waals surface area contributed by atoms with Crippen molar-refractivity contribution in [2.75, 3.05) is 33.4 Å². The highest BCUT2D eigenvalue weighted by Crippen LogP contribution is 2.19. The van der Waals surface area contributed by atoms with Gasteiger partial charge in [0.15, 0.2) is 0 Å². The lowest BCUT2D eigenvalue weighted by Crippen LogP contribution is -2.35. The number of carbonyl (C=O) groups excluding carboxylic acids is 1. The van der Waals surface area contributed by atoms with Gasteiger partial charge in [0.1, 0.15) is 0 Å². The van der Waals surface area contributed by atoms with E-state index in [1.165, 1.54) is 11.1 Å². The number of amides is 1. The van der Waals surface area contributed by atoms with E-state index in [0.29, 0.717) is 5.92 Å². The largest absolute Gasteiger partial charge is 0.381 e. The Labute approximate surface area is 126 Å². The number of hydrogen-bond donors (Lipinski definition) is 1. The van der Waals surface area contributed by atoms with E-state index < -0.39 is 0 Å². The van der Waals surface area contributed by atoms with Crippen LogP contribution >= 0.6 is 0 Å². The molecule has 114 valence electrons.